The quantitative estimate of drug-likeness (QED) is 0.796. The van der Waals surface area contributed by atoms with Gasteiger partial charge in [0.15, 0.2) is 0 Å². The molecule has 2 nitrogen and oxygen atoms in total. The molecule has 0 saturated carbocycles. The monoisotopic (exact) mass is 243 g/mol. The zero-order valence-corrected chi connectivity index (χ0v) is 11.2. The maximum atomic E-state index is 11.7. The van der Waals surface area contributed by atoms with Crippen LogP contribution in [-0.4, -0.2) is 29.8 Å². The van der Waals surface area contributed by atoms with Crippen LogP contribution in [-0.2, 0) is 11.2 Å². The highest BCUT2D eigenvalue weighted by atomic mass is 16.1. The van der Waals surface area contributed by atoms with E-state index in [1.807, 2.05) is 0 Å². The fourth-order valence-corrected chi connectivity index (χ4v) is 3.34. The summed E-state index contributed by atoms with van der Waals surface area (Å²) < 4.78 is 0. The molecule has 1 saturated heterocycles. The highest BCUT2D eigenvalue weighted by molar-refractivity contribution is 5.82. The molecule has 1 aliphatic heterocycles. The molecule has 0 bridgehead atoms. The average molecular weight is 243 g/mol. The first-order valence-electron chi connectivity index (χ1n) is 7.01. The lowest BCUT2D eigenvalue weighted by Gasteiger charge is -2.41. The number of piperidine rings is 1. The molecular formula is C16H21NO. The van der Waals surface area contributed by atoms with Crippen molar-refractivity contribution in [3.8, 4) is 0 Å². The summed E-state index contributed by atoms with van der Waals surface area (Å²) in [6, 6.07) is 9.15. The van der Waals surface area contributed by atoms with Crippen LogP contribution in [0, 0.1) is 5.92 Å². The largest absolute Gasteiger partial charge is 0.299 e. The molecular weight excluding hydrogens is 222 g/mol. The molecule has 0 amide bonds. The SMILES string of the molecule is CC1C(=O)CCN(CC2Cc3ccccc32)C1C. The van der Waals surface area contributed by atoms with E-state index < -0.39 is 0 Å². The molecule has 2 heteroatoms. The van der Waals surface area contributed by atoms with Crippen LogP contribution in [0.2, 0.25) is 0 Å². The number of fused-ring (bicyclic) bond motifs is 1. The summed E-state index contributed by atoms with van der Waals surface area (Å²) >= 11 is 0. The van der Waals surface area contributed by atoms with Crippen molar-refractivity contribution >= 4 is 5.78 Å². The molecule has 0 N–H and O–H groups in total. The second kappa shape index (κ2) is 4.51. The number of nitrogens with zero attached hydrogens (tertiary/aromatic N) is 1. The highest BCUT2D eigenvalue weighted by Crippen LogP contribution is 2.36. The van der Waals surface area contributed by atoms with Crippen molar-refractivity contribution in [3.05, 3.63) is 35.4 Å². The number of Topliss-reactive ketones (excluding diaryl/α,β-unsaturated/α-hetero) is 1. The van der Waals surface area contributed by atoms with Gasteiger partial charge < -0.3 is 0 Å². The van der Waals surface area contributed by atoms with Gasteiger partial charge in [0.25, 0.3) is 0 Å². The Labute approximate surface area is 109 Å². The predicted octanol–water partition coefficient (Wildman–Crippen LogP) is 2.63. The number of hydrogen-bond donors (Lipinski definition) is 0. The van der Waals surface area contributed by atoms with Gasteiger partial charge in [0.2, 0.25) is 0 Å². The molecule has 1 aromatic rings. The van der Waals surface area contributed by atoms with Crippen LogP contribution in [0.5, 0.6) is 0 Å². The van der Waals surface area contributed by atoms with Gasteiger partial charge >= 0.3 is 0 Å². The van der Waals surface area contributed by atoms with E-state index in [-0.39, 0.29) is 5.92 Å². The van der Waals surface area contributed by atoms with Gasteiger partial charge in [-0.1, -0.05) is 31.2 Å². The summed E-state index contributed by atoms with van der Waals surface area (Å²) in [6.45, 7) is 6.35. The molecule has 3 atom stereocenters. The van der Waals surface area contributed by atoms with Crippen molar-refractivity contribution in [1.82, 2.24) is 4.90 Å². The number of likely N-dealkylation sites (tertiary alicyclic amines) is 1. The number of benzene rings is 1. The Balaban J connectivity index is 1.67. The first kappa shape index (κ1) is 11.9. The molecule has 3 unspecified atom stereocenters. The van der Waals surface area contributed by atoms with Crippen LogP contribution < -0.4 is 0 Å². The number of carbonyl (C=O) groups excluding carboxylic acids is 1. The fourth-order valence-electron chi connectivity index (χ4n) is 3.34. The Morgan fingerprint density at radius 2 is 2.06 bits per heavy atom. The molecule has 0 aromatic heterocycles. The third kappa shape index (κ3) is 1.89. The molecule has 2 aliphatic rings. The standard InChI is InChI=1S/C16H21NO/c1-11-12(2)17(8-7-16(11)18)10-14-9-13-5-3-4-6-15(13)14/h3-6,11-12,14H,7-10H2,1-2H3. The van der Waals surface area contributed by atoms with Crippen LogP contribution in [0.25, 0.3) is 0 Å². The second-order valence-electron chi connectivity index (χ2n) is 5.84. The molecule has 0 spiro atoms. The van der Waals surface area contributed by atoms with Crippen molar-refractivity contribution in [3.63, 3.8) is 0 Å². The maximum absolute atomic E-state index is 11.7. The molecule has 18 heavy (non-hydrogen) atoms. The van der Waals surface area contributed by atoms with E-state index in [1.54, 1.807) is 0 Å². The highest BCUT2D eigenvalue weighted by Gasteiger charge is 2.34. The summed E-state index contributed by atoms with van der Waals surface area (Å²) in [5.74, 6) is 1.32. The number of ketones is 1. The van der Waals surface area contributed by atoms with E-state index in [0.29, 0.717) is 17.7 Å². The Morgan fingerprint density at radius 1 is 1.28 bits per heavy atom. The van der Waals surface area contributed by atoms with E-state index in [9.17, 15) is 4.79 Å². The zero-order valence-electron chi connectivity index (χ0n) is 11.2. The smallest absolute Gasteiger partial charge is 0.138 e. The van der Waals surface area contributed by atoms with E-state index in [0.717, 1.165) is 19.5 Å². The fraction of sp³-hybridized carbons (Fsp3) is 0.562. The van der Waals surface area contributed by atoms with Gasteiger partial charge in [0.1, 0.15) is 5.78 Å². The van der Waals surface area contributed by atoms with Crippen LogP contribution in [0.1, 0.15) is 37.3 Å². The maximum Gasteiger partial charge on any atom is 0.138 e. The summed E-state index contributed by atoms with van der Waals surface area (Å²) in [4.78, 5) is 14.2. The van der Waals surface area contributed by atoms with Crippen LogP contribution in [0.3, 0.4) is 0 Å². The lowest BCUT2D eigenvalue weighted by molar-refractivity contribution is -0.128. The predicted molar refractivity (Wildman–Crippen MR) is 72.7 cm³/mol. The number of hydrogen-bond acceptors (Lipinski definition) is 2. The summed E-state index contributed by atoms with van der Waals surface area (Å²) in [5, 5.41) is 0. The molecule has 1 aliphatic carbocycles. The average Bonchev–Trinajstić information content (AvgIpc) is 2.35. The van der Waals surface area contributed by atoms with Gasteiger partial charge in [0.05, 0.1) is 0 Å². The minimum absolute atomic E-state index is 0.203. The Morgan fingerprint density at radius 3 is 2.83 bits per heavy atom. The van der Waals surface area contributed by atoms with Gasteiger partial charge in [0, 0.05) is 37.4 Å². The van der Waals surface area contributed by atoms with Gasteiger partial charge in [-0.3, -0.25) is 9.69 Å². The van der Waals surface area contributed by atoms with Crippen molar-refractivity contribution in [2.24, 2.45) is 5.92 Å². The molecule has 3 rings (SSSR count). The third-order valence-corrected chi connectivity index (χ3v) is 4.87. The Hall–Kier alpha value is -1.15. The first-order chi connectivity index (χ1) is 8.66. The van der Waals surface area contributed by atoms with Crippen molar-refractivity contribution in [2.45, 2.75) is 38.6 Å². The number of carbonyl (C=O) groups is 1. The normalized spacial score (nSPS) is 31.9. The molecule has 1 heterocycles. The van der Waals surface area contributed by atoms with Crippen LogP contribution in [0.15, 0.2) is 24.3 Å². The molecule has 96 valence electrons. The van der Waals surface area contributed by atoms with Crippen molar-refractivity contribution in [1.29, 1.82) is 0 Å². The summed E-state index contributed by atoms with van der Waals surface area (Å²) in [5.41, 5.74) is 3.03. The van der Waals surface area contributed by atoms with E-state index in [2.05, 4.69) is 43.0 Å². The minimum atomic E-state index is 0.203. The second-order valence-corrected chi connectivity index (χ2v) is 5.84. The summed E-state index contributed by atoms with van der Waals surface area (Å²) in [6.07, 6.45) is 1.95. The van der Waals surface area contributed by atoms with Crippen LogP contribution >= 0.6 is 0 Å². The third-order valence-electron chi connectivity index (χ3n) is 4.87. The van der Waals surface area contributed by atoms with Crippen LogP contribution in [0.4, 0.5) is 0 Å². The molecule has 1 fully saturated rings. The minimum Gasteiger partial charge on any atom is -0.299 e. The van der Waals surface area contributed by atoms with Gasteiger partial charge in [-0.05, 0) is 24.5 Å². The lowest BCUT2D eigenvalue weighted by Crippen LogP contribution is -2.49. The zero-order chi connectivity index (χ0) is 12.7. The molecule has 0 radical (unpaired) electrons. The van der Waals surface area contributed by atoms with Gasteiger partial charge in [-0.2, -0.15) is 0 Å². The lowest BCUT2D eigenvalue weighted by atomic mass is 9.76. The van der Waals surface area contributed by atoms with E-state index in [4.69, 9.17) is 0 Å². The van der Waals surface area contributed by atoms with E-state index >= 15 is 0 Å². The Kier molecular flexibility index (Phi) is 2.98. The number of rotatable bonds is 2. The topological polar surface area (TPSA) is 20.3 Å². The Bertz CT molecular complexity index is 468. The molecule has 1 aromatic carbocycles. The van der Waals surface area contributed by atoms with E-state index in [1.165, 1.54) is 17.5 Å². The van der Waals surface area contributed by atoms with Gasteiger partial charge in [-0.25, -0.2) is 0 Å². The van der Waals surface area contributed by atoms with Gasteiger partial charge in [-0.15, -0.1) is 0 Å². The first-order valence-corrected chi connectivity index (χ1v) is 7.01. The summed E-state index contributed by atoms with van der Waals surface area (Å²) in [7, 11) is 0. The van der Waals surface area contributed by atoms with Crippen molar-refractivity contribution < 1.29 is 4.79 Å². The van der Waals surface area contributed by atoms with Crippen molar-refractivity contribution in [2.75, 3.05) is 13.1 Å².